The van der Waals surface area contributed by atoms with Crippen molar-refractivity contribution in [3.05, 3.63) is 29.8 Å². The lowest BCUT2D eigenvalue weighted by molar-refractivity contribution is -0.106. The molecule has 1 aromatic carbocycles. The van der Waals surface area contributed by atoms with Gasteiger partial charge in [-0.15, -0.1) is 0 Å². The first-order chi connectivity index (χ1) is 7.09. The van der Waals surface area contributed by atoms with Crippen LogP contribution in [0.25, 0.3) is 0 Å². The van der Waals surface area contributed by atoms with E-state index >= 15 is 0 Å². The van der Waals surface area contributed by atoms with Gasteiger partial charge in [0.15, 0.2) is 0 Å². The van der Waals surface area contributed by atoms with Gasteiger partial charge >= 0.3 is 0 Å². The number of rotatable bonds is 2. The number of para-hydroxylation sites is 1. The van der Waals surface area contributed by atoms with Crippen molar-refractivity contribution in [2.45, 2.75) is 32.2 Å². The molecule has 0 bridgehead atoms. The molecule has 1 atom stereocenters. The van der Waals surface area contributed by atoms with Crippen molar-refractivity contribution in [3.63, 3.8) is 0 Å². The van der Waals surface area contributed by atoms with Gasteiger partial charge in [-0.25, -0.2) is 0 Å². The zero-order valence-electron chi connectivity index (χ0n) is 9.53. The number of anilines is 1. The number of hydrogen-bond donors (Lipinski definition) is 0. The molecule has 0 amide bonds. The number of carbonyl (C=O) groups is 1. The summed E-state index contributed by atoms with van der Waals surface area (Å²) in [6, 6.07) is 8.36. The van der Waals surface area contributed by atoms with Gasteiger partial charge in [0.1, 0.15) is 6.29 Å². The zero-order valence-corrected chi connectivity index (χ0v) is 9.53. The zero-order chi connectivity index (χ0) is 11.1. The second-order valence-electron chi connectivity index (χ2n) is 4.71. The van der Waals surface area contributed by atoms with Gasteiger partial charge < -0.3 is 9.69 Å². The molecule has 0 fully saturated rings. The highest BCUT2D eigenvalue weighted by atomic mass is 16.1. The van der Waals surface area contributed by atoms with E-state index in [0.29, 0.717) is 12.5 Å². The molecule has 1 aliphatic rings. The van der Waals surface area contributed by atoms with Crippen LogP contribution in [-0.2, 0) is 4.79 Å². The summed E-state index contributed by atoms with van der Waals surface area (Å²) in [6.45, 7) is 7.10. The molecule has 0 saturated heterocycles. The van der Waals surface area contributed by atoms with Crippen LogP contribution >= 0.6 is 0 Å². The summed E-state index contributed by atoms with van der Waals surface area (Å²) in [5, 5.41) is 0. The molecule has 0 aromatic heterocycles. The molecule has 80 valence electrons. The Bertz CT molecular complexity index is 384. The highest BCUT2D eigenvalue weighted by molar-refractivity contribution is 5.69. The molecule has 0 saturated carbocycles. The van der Waals surface area contributed by atoms with Crippen molar-refractivity contribution in [2.75, 3.05) is 11.4 Å². The quantitative estimate of drug-likeness (QED) is 0.688. The first kappa shape index (κ1) is 10.2. The van der Waals surface area contributed by atoms with E-state index in [0.717, 1.165) is 6.29 Å². The highest BCUT2D eigenvalue weighted by Gasteiger charge is 2.41. The van der Waals surface area contributed by atoms with Crippen molar-refractivity contribution in [3.8, 4) is 0 Å². The lowest BCUT2D eigenvalue weighted by Crippen LogP contribution is -2.43. The van der Waals surface area contributed by atoms with E-state index in [-0.39, 0.29) is 5.54 Å². The van der Waals surface area contributed by atoms with E-state index in [1.54, 1.807) is 0 Å². The summed E-state index contributed by atoms with van der Waals surface area (Å²) in [5.74, 6) is 0.466. The van der Waals surface area contributed by atoms with Gasteiger partial charge in [0.2, 0.25) is 0 Å². The summed E-state index contributed by atoms with van der Waals surface area (Å²) >= 11 is 0. The molecule has 1 unspecified atom stereocenters. The first-order valence-electron chi connectivity index (χ1n) is 5.39. The second kappa shape index (κ2) is 3.37. The largest absolute Gasteiger partial charge is 0.359 e. The number of fused-ring (bicyclic) bond motifs is 1. The van der Waals surface area contributed by atoms with Gasteiger partial charge in [0.25, 0.3) is 0 Å². The van der Waals surface area contributed by atoms with Crippen LogP contribution in [0.2, 0.25) is 0 Å². The number of nitrogens with zero attached hydrogens (tertiary/aromatic N) is 1. The Morgan fingerprint density at radius 2 is 2.07 bits per heavy atom. The summed E-state index contributed by atoms with van der Waals surface area (Å²) in [7, 11) is 0. The summed E-state index contributed by atoms with van der Waals surface area (Å²) in [6.07, 6.45) is 0.983. The predicted octanol–water partition coefficient (Wildman–Crippen LogP) is 2.59. The van der Waals surface area contributed by atoms with Gasteiger partial charge in [-0.1, -0.05) is 25.1 Å². The Hall–Kier alpha value is -1.31. The van der Waals surface area contributed by atoms with Crippen molar-refractivity contribution >= 4 is 12.0 Å². The second-order valence-corrected chi connectivity index (χ2v) is 4.71. The summed E-state index contributed by atoms with van der Waals surface area (Å²) in [5.41, 5.74) is 2.59. The van der Waals surface area contributed by atoms with Crippen molar-refractivity contribution < 1.29 is 4.79 Å². The highest BCUT2D eigenvalue weighted by Crippen LogP contribution is 2.46. The number of carbonyl (C=O) groups excluding carboxylic acids is 1. The average Bonchev–Trinajstić information content (AvgIpc) is 2.41. The molecule has 1 heterocycles. The fourth-order valence-corrected chi connectivity index (χ4v) is 2.43. The number of aldehydes is 1. The van der Waals surface area contributed by atoms with Crippen LogP contribution < -0.4 is 4.90 Å². The molecule has 0 aliphatic carbocycles. The van der Waals surface area contributed by atoms with Gasteiger partial charge in [0, 0.05) is 17.1 Å². The minimum Gasteiger partial charge on any atom is -0.359 e. The maximum atomic E-state index is 10.7. The Morgan fingerprint density at radius 1 is 1.40 bits per heavy atom. The van der Waals surface area contributed by atoms with E-state index in [4.69, 9.17) is 0 Å². The third-order valence-corrected chi connectivity index (χ3v) is 3.71. The topological polar surface area (TPSA) is 20.3 Å². The Kier molecular flexibility index (Phi) is 2.29. The molecular weight excluding hydrogens is 186 g/mol. The van der Waals surface area contributed by atoms with Crippen LogP contribution in [0.4, 0.5) is 5.69 Å². The van der Waals surface area contributed by atoms with E-state index < -0.39 is 0 Å². The molecule has 2 heteroatoms. The van der Waals surface area contributed by atoms with Crippen LogP contribution in [0.5, 0.6) is 0 Å². The Labute approximate surface area is 90.9 Å². The Morgan fingerprint density at radius 3 is 2.73 bits per heavy atom. The SMILES string of the molecule is CC1c2ccccc2N(CC=O)C1(C)C. The molecule has 2 rings (SSSR count). The molecule has 0 spiro atoms. The fourth-order valence-electron chi connectivity index (χ4n) is 2.43. The number of hydrogen-bond acceptors (Lipinski definition) is 2. The van der Waals surface area contributed by atoms with Crippen molar-refractivity contribution in [2.24, 2.45) is 0 Å². The molecule has 15 heavy (non-hydrogen) atoms. The maximum absolute atomic E-state index is 10.7. The minimum absolute atomic E-state index is 0.0323. The van der Waals surface area contributed by atoms with Crippen LogP contribution in [0.1, 0.15) is 32.3 Å². The maximum Gasteiger partial charge on any atom is 0.139 e. The standard InChI is InChI=1S/C13H17NO/c1-10-11-6-4-5-7-12(11)14(8-9-15)13(10,2)3/h4-7,9-10H,8H2,1-3H3. The average molecular weight is 203 g/mol. The van der Waals surface area contributed by atoms with Crippen molar-refractivity contribution in [1.82, 2.24) is 0 Å². The molecule has 2 nitrogen and oxygen atoms in total. The monoisotopic (exact) mass is 203 g/mol. The van der Waals surface area contributed by atoms with E-state index in [2.05, 4.69) is 43.9 Å². The fraction of sp³-hybridized carbons (Fsp3) is 0.462. The van der Waals surface area contributed by atoms with Gasteiger partial charge in [0.05, 0.1) is 6.54 Å². The van der Waals surface area contributed by atoms with Gasteiger partial charge in [-0.05, 0) is 25.5 Å². The molecule has 1 aliphatic heterocycles. The molecule has 0 radical (unpaired) electrons. The first-order valence-corrected chi connectivity index (χ1v) is 5.39. The smallest absolute Gasteiger partial charge is 0.139 e. The van der Waals surface area contributed by atoms with E-state index in [1.165, 1.54) is 11.3 Å². The van der Waals surface area contributed by atoms with Gasteiger partial charge in [-0.2, -0.15) is 0 Å². The minimum atomic E-state index is 0.0323. The lowest BCUT2D eigenvalue weighted by atomic mass is 9.87. The summed E-state index contributed by atoms with van der Waals surface area (Å²) in [4.78, 5) is 12.9. The van der Waals surface area contributed by atoms with E-state index in [9.17, 15) is 4.79 Å². The predicted molar refractivity (Wildman–Crippen MR) is 62.3 cm³/mol. The number of benzene rings is 1. The van der Waals surface area contributed by atoms with Crippen LogP contribution in [0, 0.1) is 0 Å². The Balaban J connectivity index is 2.51. The summed E-state index contributed by atoms with van der Waals surface area (Å²) < 4.78 is 0. The van der Waals surface area contributed by atoms with Crippen LogP contribution in [-0.4, -0.2) is 18.4 Å². The van der Waals surface area contributed by atoms with E-state index in [1.807, 2.05) is 6.07 Å². The molecule has 1 aromatic rings. The van der Waals surface area contributed by atoms with Crippen molar-refractivity contribution in [1.29, 1.82) is 0 Å². The molecular formula is C13H17NO. The molecule has 0 N–H and O–H groups in total. The van der Waals surface area contributed by atoms with Crippen LogP contribution in [0.3, 0.4) is 0 Å². The lowest BCUT2D eigenvalue weighted by Gasteiger charge is -2.35. The third kappa shape index (κ3) is 1.36. The normalized spacial score (nSPS) is 22.6. The van der Waals surface area contributed by atoms with Crippen LogP contribution in [0.15, 0.2) is 24.3 Å². The third-order valence-electron chi connectivity index (χ3n) is 3.71. The van der Waals surface area contributed by atoms with Gasteiger partial charge in [-0.3, -0.25) is 0 Å².